The van der Waals surface area contributed by atoms with Crippen LogP contribution in [0.3, 0.4) is 0 Å². The van der Waals surface area contributed by atoms with Crippen LogP contribution in [0.15, 0.2) is 0 Å². The quantitative estimate of drug-likeness (QED) is 0.766. The summed E-state index contributed by atoms with van der Waals surface area (Å²) in [6.45, 7) is 7.68. The van der Waals surface area contributed by atoms with Crippen molar-refractivity contribution >= 4 is 0 Å². The third kappa shape index (κ3) is 1.81. The van der Waals surface area contributed by atoms with Crippen molar-refractivity contribution in [2.24, 2.45) is 0 Å². The largest absolute Gasteiger partial charge is 0.390 e. The van der Waals surface area contributed by atoms with Gasteiger partial charge in [0.25, 0.3) is 0 Å². The van der Waals surface area contributed by atoms with Gasteiger partial charge >= 0.3 is 0 Å². The van der Waals surface area contributed by atoms with Crippen molar-refractivity contribution in [2.45, 2.75) is 58.6 Å². The van der Waals surface area contributed by atoms with Gasteiger partial charge in [0, 0.05) is 17.7 Å². The summed E-state index contributed by atoms with van der Waals surface area (Å²) in [7, 11) is 0. The summed E-state index contributed by atoms with van der Waals surface area (Å²) in [6, 6.07) is 0. The number of imidazole rings is 1. The lowest BCUT2D eigenvalue weighted by molar-refractivity contribution is 0.275. The highest BCUT2D eigenvalue weighted by molar-refractivity contribution is 5.22. The summed E-state index contributed by atoms with van der Waals surface area (Å²) in [5, 5.41) is 9.30. The van der Waals surface area contributed by atoms with Gasteiger partial charge in [-0.15, -0.1) is 0 Å². The van der Waals surface area contributed by atoms with Crippen molar-refractivity contribution in [2.75, 3.05) is 0 Å². The first kappa shape index (κ1) is 10.7. The molecule has 0 aromatic carbocycles. The van der Waals surface area contributed by atoms with Crippen LogP contribution in [0.4, 0.5) is 0 Å². The van der Waals surface area contributed by atoms with Gasteiger partial charge in [-0.1, -0.05) is 20.8 Å². The molecule has 3 heteroatoms. The van der Waals surface area contributed by atoms with E-state index in [1.54, 1.807) is 0 Å². The third-order valence-electron chi connectivity index (χ3n) is 3.02. The van der Waals surface area contributed by atoms with Crippen molar-refractivity contribution in [3.8, 4) is 0 Å². The molecule has 1 aromatic heterocycles. The SMILES string of the molecule is CC(C)(C)c1nc(CO)c2n1CCCC2. The molecule has 0 atom stereocenters. The van der Waals surface area contributed by atoms with Crippen molar-refractivity contribution < 1.29 is 5.11 Å². The smallest absolute Gasteiger partial charge is 0.114 e. The van der Waals surface area contributed by atoms with Crippen LogP contribution in [-0.2, 0) is 25.0 Å². The molecule has 0 bridgehead atoms. The maximum atomic E-state index is 9.30. The highest BCUT2D eigenvalue weighted by Crippen LogP contribution is 2.28. The summed E-state index contributed by atoms with van der Waals surface area (Å²) in [4.78, 5) is 4.59. The zero-order valence-electron chi connectivity index (χ0n) is 9.88. The number of hydrogen-bond acceptors (Lipinski definition) is 2. The summed E-state index contributed by atoms with van der Waals surface area (Å²) in [5.74, 6) is 1.13. The van der Waals surface area contributed by atoms with E-state index >= 15 is 0 Å². The predicted molar refractivity (Wildman–Crippen MR) is 59.8 cm³/mol. The molecule has 1 N–H and O–H groups in total. The molecule has 84 valence electrons. The van der Waals surface area contributed by atoms with E-state index in [1.165, 1.54) is 18.5 Å². The molecule has 0 radical (unpaired) electrons. The Bertz CT molecular complexity index is 360. The summed E-state index contributed by atoms with van der Waals surface area (Å²) in [5.41, 5.74) is 2.22. The van der Waals surface area contributed by atoms with Gasteiger partial charge < -0.3 is 9.67 Å². The summed E-state index contributed by atoms with van der Waals surface area (Å²) in [6.07, 6.45) is 3.53. The van der Waals surface area contributed by atoms with Crippen molar-refractivity contribution in [1.82, 2.24) is 9.55 Å². The van der Waals surface area contributed by atoms with Gasteiger partial charge in [-0.25, -0.2) is 4.98 Å². The number of aliphatic hydroxyl groups is 1. The highest BCUT2D eigenvalue weighted by Gasteiger charge is 2.26. The second kappa shape index (κ2) is 3.63. The molecular formula is C12H20N2O. The van der Waals surface area contributed by atoms with Crippen LogP contribution < -0.4 is 0 Å². The van der Waals surface area contributed by atoms with E-state index in [2.05, 4.69) is 30.3 Å². The molecule has 2 heterocycles. The molecule has 1 aliphatic rings. The van der Waals surface area contributed by atoms with Crippen LogP contribution in [0.1, 0.15) is 50.8 Å². The monoisotopic (exact) mass is 208 g/mol. The van der Waals surface area contributed by atoms with Crippen LogP contribution in [0.5, 0.6) is 0 Å². The molecule has 1 aromatic rings. The molecule has 0 saturated carbocycles. The predicted octanol–water partition coefficient (Wildman–Crippen LogP) is 2.01. The minimum absolute atomic E-state index is 0.0690. The van der Waals surface area contributed by atoms with E-state index in [0.29, 0.717) is 0 Å². The molecule has 3 nitrogen and oxygen atoms in total. The second-order valence-electron chi connectivity index (χ2n) is 5.35. The highest BCUT2D eigenvalue weighted by atomic mass is 16.3. The fraction of sp³-hybridized carbons (Fsp3) is 0.750. The van der Waals surface area contributed by atoms with Gasteiger partial charge in [0.05, 0.1) is 12.3 Å². The Labute approximate surface area is 91.1 Å². The lowest BCUT2D eigenvalue weighted by atomic mass is 9.95. The molecule has 1 aliphatic heterocycles. The zero-order chi connectivity index (χ0) is 11.1. The van der Waals surface area contributed by atoms with Crippen LogP contribution in [0.2, 0.25) is 0 Å². The number of aromatic nitrogens is 2. The first-order valence-electron chi connectivity index (χ1n) is 5.73. The topological polar surface area (TPSA) is 38.1 Å². The Morgan fingerprint density at radius 2 is 2.07 bits per heavy atom. The Balaban J connectivity index is 2.52. The standard InChI is InChI=1S/C12H20N2O/c1-12(2,3)11-13-9(8-15)10-6-4-5-7-14(10)11/h15H,4-8H2,1-3H3. The number of aliphatic hydroxyl groups excluding tert-OH is 1. The van der Waals surface area contributed by atoms with Gasteiger partial charge in [0.2, 0.25) is 0 Å². The second-order valence-corrected chi connectivity index (χ2v) is 5.35. The zero-order valence-corrected chi connectivity index (χ0v) is 9.88. The van der Waals surface area contributed by atoms with E-state index in [9.17, 15) is 5.11 Å². The average molecular weight is 208 g/mol. The van der Waals surface area contributed by atoms with Crippen LogP contribution in [-0.4, -0.2) is 14.7 Å². The minimum atomic E-state index is 0.0690. The number of hydrogen-bond donors (Lipinski definition) is 1. The van der Waals surface area contributed by atoms with Crippen molar-refractivity contribution in [3.63, 3.8) is 0 Å². The molecule has 0 fully saturated rings. The van der Waals surface area contributed by atoms with Crippen LogP contribution in [0, 0.1) is 0 Å². The molecular weight excluding hydrogens is 188 g/mol. The minimum Gasteiger partial charge on any atom is -0.390 e. The number of nitrogens with zero attached hydrogens (tertiary/aromatic N) is 2. The van der Waals surface area contributed by atoms with Gasteiger partial charge in [-0.05, 0) is 19.3 Å². The van der Waals surface area contributed by atoms with E-state index in [-0.39, 0.29) is 12.0 Å². The lowest BCUT2D eigenvalue weighted by Gasteiger charge is -2.23. The van der Waals surface area contributed by atoms with Gasteiger partial charge in [-0.2, -0.15) is 0 Å². The number of rotatable bonds is 1. The maximum Gasteiger partial charge on any atom is 0.114 e. The first-order valence-corrected chi connectivity index (χ1v) is 5.73. The first-order chi connectivity index (χ1) is 7.04. The lowest BCUT2D eigenvalue weighted by Crippen LogP contribution is -2.22. The molecule has 0 amide bonds. The van der Waals surface area contributed by atoms with Crippen molar-refractivity contribution in [1.29, 1.82) is 0 Å². The van der Waals surface area contributed by atoms with Crippen molar-refractivity contribution in [3.05, 3.63) is 17.2 Å². The molecule has 0 spiro atoms. The Morgan fingerprint density at radius 3 is 2.67 bits per heavy atom. The van der Waals surface area contributed by atoms with E-state index in [0.717, 1.165) is 24.5 Å². The molecule has 0 saturated heterocycles. The Kier molecular flexibility index (Phi) is 2.59. The molecule has 0 aliphatic carbocycles. The van der Waals surface area contributed by atoms with E-state index < -0.39 is 0 Å². The van der Waals surface area contributed by atoms with E-state index in [4.69, 9.17) is 0 Å². The Hall–Kier alpha value is -0.830. The van der Waals surface area contributed by atoms with Gasteiger partial charge in [0.15, 0.2) is 0 Å². The molecule has 15 heavy (non-hydrogen) atoms. The normalized spacial score (nSPS) is 16.5. The van der Waals surface area contributed by atoms with Gasteiger partial charge in [-0.3, -0.25) is 0 Å². The fourth-order valence-corrected chi connectivity index (χ4v) is 2.32. The van der Waals surface area contributed by atoms with Crippen LogP contribution in [0.25, 0.3) is 0 Å². The molecule has 0 unspecified atom stereocenters. The fourth-order valence-electron chi connectivity index (χ4n) is 2.32. The number of fused-ring (bicyclic) bond motifs is 1. The van der Waals surface area contributed by atoms with Gasteiger partial charge in [0.1, 0.15) is 5.82 Å². The van der Waals surface area contributed by atoms with Crippen LogP contribution >= 0.6 is 0 Å². The summed E-state index contributed by atoms with van der Waals surface area (Å²) < 4.78 is 2.31. The van der Waals surface area contributed by atoms with E-state index in [1.807, 2.05) is 0 Å². The molecule has 2 rings (SSSR count). The Morgan fingerprint density at radius 1 is 1.33 bits per heavy atom. The summed E-state index contributed by atoms with van der Waals surface area (Å²) >= 11 is 0. The third-order valence-corrected chi connectivity index (χ3v) is 3.02. The maximum absolute atomic E-state index is 9.30. The average Bonchev–Trinajstić information content (AvgIpc) is 2.55.